The van der Waals surface area contributed by atoms with Crippen LogP contribution in [0.15, 0.2) is 66.7 Å². The molecule has 0 unspecified atom stereocenters. The molecule has 0 bridgehead atoms. The molecule has 1 N–H and O–H groups in total. The van der Waals surface area contributed by atoms with Crippen LogP contribution in [0.2, 0.25) is 0 Å². The van der Waals surface area contributed by atoms with Crippen LogP contribution in [0, 0.1) is 11.6 Å². The van der Waals surface area contributed by atoms with Gasteiger partial charge in [0.15, 0.2) is 0 Å². The number of aromatic amines is 1. The average molecular weight is 475 g/mol. The van der Waals surface area contributed by atoms with Gasteiger partial charge in [-0.3, -0.25) is 9.59 Å². The van der Waals surface area contributed by atoms with E-state index in [1.807, 2.05) is 30.3 Å². The number of halogens is 2. The van der Waals surface area contributed by atoms with Gasteiger partial charge in [0.25, 0.3) is 11.8 Å². The molecule has 1 aromatic heterocycles. The van der Waals surface area contributed by atoms with Crippen molar-refractivity contribution in [3.05, 3.63) is 89.6 Å². The molecule has 0 aliphatic carbocycles. The Hall–Kier alpha value is -4.20. The van der Waals surface area contributed by atoms with E-state index < -0.39 is 17.5 Å². The standard InChI is InChI=1S/C27H23F2N3O3/c1-35-19-7-9-20(23(29)16-19)17-6-8-21(22(28)14-17)26(33)31-10-12-32(13-11-31)27(34)25-15-18-4-2-3-5-24(18)30-25/h2-9,14-16,30H,10-13H2,1H3. The van der Waals surface area contributed by atoms with Crippen LogP contribution in [-0.4, -0.2) is 59.9 Å². The predicted octanol–water partition coefficient (Wildman–Crippen LogP) is 4.72. The molecule has 0 spiro atoms. The van der Waals surface area contributed by atoms with E-state index in [1.54, 1.807) is 11.0 Å². The lowest BCUT2D eigenvalue weighted by atomic mass is 10.0. The number of benzene rings is 3. The van der Waals surface area contributed by atoms with Crippen LogP contribution < -0.4 is 4.74 Å². The summed E-state index contributed by atoms with van der Waals surface area (Å²) < 4.78 is 34.3. The monoisotopic (exact) mass is 475 g/mol. The molecule has 178 valence electrons. The van der Waals surface area contributed by atoms with Crippen molar-refractivity contribution in [1.82, 2.24) is 14.8 Å². The third kappa shape index (κ3) is 4.35. The third-order valence-corrected chi connectivity index (χ3v) is 6.30. The van der Waals surface area contributed by atoms with E-state index in [9.17, 15) is 18.4 Å². The van der Waals surface area contributed by atoms with Crippen molar-refractivity contribution in [1.29, 1.82) is 0 Å². The number of hydrogen-bond acceptors (Lipinski definition) is 3. The topological polar surface area (TPSA) is 65.6 Å². The number of aromatic nitrogens is 1. The summed E-state index contributed by atoms with van der Waals surface area (Å²) in [6, 6.07) is 17.8. The number of ether oxygens (including phenoxy) is 1. The Kier molecular flexibility index (Phi) is 5.94. The van der Waals surface area contributed by atoms with Crippen LogP contribution in [0.1, 0.15) is 20.8 Å². The van der Waals surface area contributed by atoms with E-state index in [2.05, 4.69) is 4.98 Å². The van der Waals surface area contributed by atoms with Gasteiger partial charge in [0, 0.05) is 48.7 Å². The lowest BCUT2D eigenvalue weighted by Crippen LogP contribution is -2.50. The lowest BCUT2D eigenvalue weighted by molar-refractivity contribution is 0.0530. The van der Waals surface area contributed by atoms with Crippen molar-refractivity contribution < 1.29 is 23.1 Å². The number of amides is 2. The number of nitrogens with zero attached hydrogens (tertiary/aromatic N) is 2. The van der Waals surface area contributed by atoms with Crippen LogP contribution in [0.5, 0.6) is 5.75 Å². The molecule has 4 aromatic rings. The minimum absolute atomic E-state index is 0.0851. The molecule has 0 atom stereocenters. The predicted molar refractivity (Wildman–Crippen MR) is 128 cm³/mol. The summed E-state index contributed by atoms with van der Waals surface area (Å²) in [6.07, 6.45) is 0. The number of methoxy groups -OCH3 is 1. The maximum absolute atomic E-state index is 14.9. The summed E-state index contributed by atoms with van der Waals surface area (Å²) in [4.78, 5) is 32.2. The molecular weight excluding hydrogens is 452 g/mol. The molecule has 1 aliphatic rings. The summed E-state index contributed by atoms with van der Waals surface area (Å²) in [6.45, 7) is 1.27. The fraction of sp³-hybridized carbons (Fsp3) is 0.185. The number of fused-ring (bicyclic) bond motifs is 1. The Bertz CT molecular complexity index is 1390. The van der Waals surface area contributed by atoms with Gasteiger partial charge in [-0.1, -0.05) is 24.3 Å². The van der Waals surface area contributed by atoms with Gasteiger partial charge < -0.3 is 19.5 Å². The van der Waals surface area contributed by atoms with Crippen LogP contribution in [0.3, 0.4) is 0 Å². The van der Waals surface area contributed by atoms with E-state index in [-0.39, 0.29) is 17.0 Å². The summed E-state index contributed by atoms with van der Waals surface area (Å²) in [5.41, 5.74) is 1.84. The molecule has 5 rings (SSSR count). The Morgan fingerprint density at radius 1 is 0.829 bits per heavy atom. The van der Waals surface area contributed by atoms with Gasteiger partial charge in [-0.15, -0.1) is 0 Å². The number of carbonyl (C=O) groups excluding carboxylic acids is 2. The Morgan fingerprint density at radius 2 is 1.54 bits per heavy atom. The van der Waals surface area contributed by atoms with Crippen molar-refractivity contribution in [3.63, 3.8) is 0 Å². The van der Waals surface area contributed by atoms with Gasteiger partial charge in [-0.05, 0) is 42.0 Å². The number of carbonyl (C=O) groups is 2. The third-order valence-electron chi connectivity index (χ3n) is 6.30. The molecule has 1 aliphatic heterocycles. The molecule has 8 heteroatoms. The highest BCUT2D eigenvalue weighted by molar-refractivity contribution is 5.98. The van der Waals surface area contributed by atoms with E-state index in [1.165, 1.54) is 36.3 Å². The second-order valence-corrected chi connectivity index (χ2v) is 8.40. The fourth-order valence-corrected chi connectivity index (χ4v) is 4.35. The molecule has 0 radical (unpaired) electrons. The summed E-state index contributed by atoms with van der Waals surface area (Å²) >= 11 is 0. The Labute approximate surface area is 200 Å². The molecule has 1 fully saturated rings. The smallest absolute Gasteiger partial charge is 0.270 e. The normalized spacial score (nSPS) is 13.8. The average Bonchev–Trinajstić information content (AvgIpc) is 3.32. The van der Waals surface area contributed by atoms with E-state index >= 15 is 0 Å². The lowest BCUT2D eigenvalue weighted by Gasteiger charge is -2.34. The quantitative estimate of drug-likeness (QED) is 0.465. The first-order valence-electron chi connectivity index (χ1n) is 11.2. The first-order valence-corrected chi connectivity index (χ1v) is 11.2. The van der Waals surface area contributed by atoms with Crippen molar-refractivity contribution in [2.24, 2.45) is 0 Å². The number of piperazine rings is 1. The zero-order valence-corrected chi connectivity index (χ0v) is 19.1. The highest BCUT2D eigenvalue weighted by atomic mass is 19.1. The van der Waals surface area contributed by atoms with Crippen LogP contribution in [0.4, 0.5) is 8.78 Å². The molecule has 0 saturated carbocycles. The number of H-pyrrole nitrogens is 1. The highest BCUT2D eigenvalue weighted by Gasteiger charge is 2.27. The van der Waals surface area contributed by atoms with Crippen LogP contribution in [-0.2, 0) is 0 Å². The largest absolute Gasteiger partial charge is 0.497 e. The molecule has 1 saturated heterocycles. The van der Waals surface area contributed by atoms with Gasteiger partial charge in [0.05, 0.1) is 12.7 Å². The zero-order chi connectivity index (χ0) is 24.5. The van der Waals surface area contributed by atoms with Gasteiger partial charge >= 0.3 is 0 Å². The molecule has 35 heavy (non-hydrogen) atoms. The van der Waals surface area contributed by atoms with Crippen molar-refractivity contribution in [2.75, 3.05) is 33.3 Å². The zero-order valence-electron chi connectivity index (χ0n) is 19.1. The first-order chi connectivity index (χ1) is 16.9. The minimum Gasteiger partial charge on any atom is -0.497 e. The fourth-order valence-electron chi connectivity index (χ4n) is 4.35. The van der Waals surface area contributed by atoms with Crippen molar-refractivity contribution in [3.8, 4) is 16.9 Å². The van der Waals surface area contributed by atoms with Crippen molar-refractivity contribution >= 4 is 22.7 Å². The first kappa shape index (κ1) is 22.6. The van der Waals surface area contributed by atoms with E-state index in [0.717, 1.165) is 17.0 Å². The maximum Gasteiger partial charge on any atom is 0.270 e. The van der Waals surface area contributed by atoms with E-state index in [4.69, 9.17) is 4.74 Å². The summed E-state index contributed by atoms with van der Waals surface area (Å²) in [5.74, 6) is -1.49. The number of rotatable bonds is 4. The molecule has 2 heterocycles. The van der Waals surface area contributed by atoms with Gasteiger partial charge in [0.1, 0.15) is 23.1 Å². The summed E-state index contributed by atoms with van der Waals surface area (Å²) in [7, 11) is 1.44. The highest BCUT2D eigenvalue weighted by Crippen LogP contribution is 2.28. The van der Waals surface area contributed by atoms with Crippen LogP contribution >= 0.6 is 0 Å². The number of nitrogens with one attached hydrogen (secondary N) is 1. The van der Waals surface area contributed by atoms with Gasteiger partial charge in [-0.25, -0.2) is 8.78 Å². The minimum atomic E-state index is -0.723. The molecular formula is C27H23F2N3O3. The summed E-state index contributed by atoms with van der Waals surface area (Å²) in [5, 5.41) is 0.957. The maximum atomic E-state index is 14.9. The second-order valence-electron chi connectivity index (χ2n) is 8.40. The molecule has 3 aromatic carbocycles. The number of para-hydroxylation sites is 1. The second kappa shape index (κ2) is 9.21. The molecule has 6 nitrogen and oxygen atoms in total. The van der Waals surface area contributed by atoms with E-state index in [0.29, 0.717) is 43.2 Å². The number of hydrogen-bond donors (Lipinski definition) is 1. The SMILES string of the molecule is COc1ccc(-c2ccc(C(=O)N3CCN(C(=O)c4cc5ccccc5[nH]4)CC3)c(F)c2)c(F)c1. The Morgan fingerprint density at radius 3 is 2.20 bits per heavy atom. The van der Waals surface area contributed by atoms with Gasteiger partial charge in [-0.2, -0.15) is 0 Å². The van der Waals surface area contributed by atoms with Crippen molar-refractivity contribution in [2.45, 2.75) is 0 Å². The molecule has 2 amide bonds. The van der Waals surface area contributed by atoms with Crippen LogP contribution in [0.25, 0.3) is 22.0 Å². The Balaban J connectivity index is 1.26. The van der Waals surface area contributed by atoms with Gasteiger partial charge in [0.2, 0.25) is 0 Å².